The molecule has 0 bridgehead atoms. The van der Waals surface area contributed by atoms with Gasteiger partial charge in [-0.2, -0.15) is 8.78 Å². The number of halogens is 3. The Kier molecular flexibility index (Phi) is 5.53. The molecule has 0 aliphatic rings. The number of alkyl halides is 3. The summed E-state index contributed by atoms with van der Waals surface area (Å²) < 4.78 is 33.7. The molecule has 1 rings (SSSR count). The highest BCUT2D eigenvalue weighted by molar-refractivity contribution is 9.08. The molecule has 100 valence electrons. The quantitative estimate of drug-likeness (QED) is 0.613. The van der Waals surface area contributed by atoms with Gasteiger partial charge in [0, 0.05) is 5.33 Å². The van der Waals surface area contributed by atoms with E-state index in [1.807, 2.05) is 0 Å². The zero-order valence-electron chi connectivity index (χ0n) is 10.0. The van der Waals surface area contributed by atoms with Crippen molar-refractivity contribution in [2.24, 2.45) is 0 Å². The van der Waals surface area contributed by atoms with Crippen molar-refractivity contribution in [3.8, 4) is 5.75 Å². The maximum Gasteiger partial charge on any atom is 0.387 e. The fourth-order valence-corrected chi connectivity index (χ4v) is 1.93. The molecule has 3 nitrogen and oxygen atoms in total. The summed E-state index contributed by atoms with van der Waals surface area (Å²) >= 11 is 3.20. The van der Waals surface area contributed by atoms with Crippen molar-refractivity contribution >= 4 is 21.9 Å². The molecule has 0 saturated carbocycles. The molecule has 6 heteroatoms. The van der Waals surface area contributed by atoms with Crippen molar-refractivity contribution in [2.45, 2.75) is 25.8 Å². The average Bonchev–Trinajstić information content (AvgIpc) is 2.31. The highest BCUT2D eigenvalue weighted by atomic mass is 79.9. The van der Waals surface area contributed by atoms with E-state index >= 15 is 0 Å². The molecule has 0 aliphatic carbocycles. The van der Waals surface area contributed by atoms with E-state index in [0.29, 0.717) is 22.0 Å². The van der Waals surface area contributed by atoms with Gasteiger partial charge in [0.1, 0.15) is 5.75 Å². The standard InChI is InChI=1S/C12H13BrF2O3/c1-3-17-11(16)9-4-7(2)10(18-12(14)15)5-8(9)6-13/h4-5,12H,3,6H2,1-2H3. The molecule has 0 N–H and O–H groups in total. The molecule has 0 unspecified atom stereocenters. The molecule has 1 aromatic carbocycles. The molecule has 1 aromatic rings. The normalized spacial score (nSPS) is 10.6. The monoisotopic (exact) mass is 322 g/mol. The summed E-state index contributed by atoms with van der Waals surface area (Å²) in [6, 6.07) is 2.91. The second-order valence-electron chi connectivity index (χ2n) is 3.51. The van der Waals surface area contributed by atoms with Crippen LogP contribution in [0.3, 0.4) is 0 Å². The summed E-state index contributed by atoms with van der Waals surface area (Å²) in [4.78, 5) is 11.7. The predicted molar refractivity (Wildman–Crippen MR) is 66.4 cm³/mol. The lowest BCUT2D eigenvalue weighted by molar-refractivity contribution is -0.0503. The highest BCUT2D eigenvalue weighted by Crippen LogP contribution is 2.26. The van der Waals surface area contributed by atoms with Gasteiger partial charge >= 0.3 is 12.6 Å². The molecule has 0 heterocycles. The van der Waals surface area contributed by atoms with Crippen molar-refractivity contribution in [1.82, 2.24) is 0 Å². The van der Waals surface area contributed by atoms with E-state index in [1.54, 1.807) is 13.8 Å². The maximum atomic E-state index is 12.2. The van der Waals surface area contributed by atoms with E-state index in [1.165, 1.54) is 12.1 Å². The minimum absolute atomic E-state index is 0.0625. The lowest BCUT2D eigenvalue weighted by Gasteiger charge is -2.13. The van der Waals surface area contributed by atoms with Gasteiger partial charge in [-0.1, -0.05) is 15.9 Å². The van der Waals surface area contributed by atoms with Crippen LogP contribution in [-0.4, -0.2) is 19.2 Å². The van der Waals surface area contributed by atoms with Crippen LogP contribution in [0.4, 0.5) is 8.78 Å². The third-order valence-electron chi connectivity index (χ3n) is 2.26. The fourth-order valence-electron chi connectivity index (χ4n) is 1.46. The summed E-state index contributed by atoms with van der Waals surface area (Å²) in [5.41, 5.74) is 1.37. The zero-order chi connectivity index (χ0) is 13.7. The van der Waals surface area contributed by atoms with Crippen LogP contribution in [0.15, 0.2) is 12.1 Å². The van der Waals surface area contributed by atoms with Gasteiger partial charge in [-0.05, 0) is 37.1 Å². The minimum Gasteiger partial charge on any atom is -0.462 e. The number of hydrogen-bond donors (Lipinski definition) is 0. The number of benzene rings is 1. The second kappa shape index (κ2) is 6.68. The number of aryl methyl sites for hydroxylation is 1. The molecule has 0 amide bonds. The molecule has 0 aliphatic heterocycles. The van der Waals surface area contributed by atoms with Crippen LogP contribution in [-0.2, 0) is 10.1 Å². The smallest absolute Gasteiger partial charge is 0.387 e. The van der Waals surface area contributed by atoms with Gasteiger partial charge in [0.25, 0.3) is 0 Å². The van der Waals surface area contributed by atoms with Crippen LogP contribution in [0.25, 0.3) is 0 Å². The average molecular weight is 323 g/mol. The number of rotatable bonds is 5. The lowest BCUT2D eigenvalue weighted by atomic mass is 10.0. The van der Waals surface area contributed by atoms with Crippen LogP contribution in [0.5, 0.6) is 5.75 Å². The van der Waals surface area contributed by atoms with Gasteiger partial charge in [0.2, 0.25) is 0 Å². The minimum atomic E-state index is -2.89. The topological polar surface area (TPSA) is 35.5 Å². The van der Waals surface area contributed by atoms with Gasteiger partial charge in [-0.25, -0.2) is 4.79 Å². The van der Waals surface area contributed by atoms with Gasteiger partial charge in [-0.15, -0.1) is 0 Å². The third kappa shape index (κ3) is 3.66. The van der Waals surface area contributed by atoms with Gasteiger partial charge < -0.3 is 9.47 Å². The Morgan fingerprint density at radius 2 is 2.11 bits per heavy atom. The Bertz CT molecular complexity index is 436. The Morgan fingerprint density at radius 1 is 1.44 bits per heavy atom. The first kappa shape index (κ1) is 14.9. The van der Waals surface area contributed by atoms with Crippen LogP contribution < -0.4 is 4.74 Å². The number of carbonyl (C=O) groups is 1. The van der Waals surface area contributed by atoms with E-state index in [9.17, 15) is 13.6 Å². The van der Waals surface area contributed by atoms with Crippen LogP contribution >= 0.6 is 15.9 Å². The molecular formula is C12H13BrF2O3. The lowest BCUT2D eigenvalue weighted by Crippen LogP contribution is -2.10. The van der Waals surface area contributed by atoms with Crippen molar-refractivity contribution in [2.75, 3.05) is 6.61 Å². The molecule has 0 spiro atoms. The van der Waals surface area contributed by atoms with Crippen LogP contribution in [0.1, 0.15) is 28.4 Å². The Labute approximate surface area is 112 Å². The fraction of sp³-hybridized carbons (Fsp3) is 0.417. The Balaban J connectivity index is 3.14. The summed E-state index contributed by atoms with van der Waals surface area (Å²) in [5, 5.41) is 0.348. The SMILES string of the molecule is CCOC(=O)c1cc(C)c(OC(F)F)cc1CBr. The third-order valence-corrected chi connectivity index (χ3v) is 2.86. The second-order valence-corrected chi connectivity index (χ2v) is 4.07. The highest BCUT2D eigenvalue weighted by Gasteiger charge is 2.16. The van der Waals surface area contributed by atoms with E-state index in [4.69, 9.17) is 4.74 Å². The van der Waals surface area contributed by atoms with Gasteiger partial charge in [-0.3, -0.25) is 0 Å². The Hall–Kier alpha value is -1.17. The largest absolute Gasteiger partial charge is 0.462 e. The van der Waals surface area contributed by atoms with Crippen molar-refractivity contribution < 1.29 is 23.0 Å². The summed E-state index contributed by atoms with van der Waals surface area (Å²) in [5.74, 6) is -0.411. The summed E-state index contributed by atoms with van der Waals surface area (Å²) in [6.07, 6.45) is 0. The molecule has 0 atom stereocenters. The van der Waals surface area contributed by atoms with E-state index in [2.05, 4.69) is 20.7 Å². The molecule has 0 aromatic heterocycles. The van der Waals surface area contributed by atoms with Gasteiger partial charge in [0.15, 0.2) is 0 Å². The molecule has 0 saturated heterocycles. The maximum absolute atomic E-state index is 12.2. The van der Waals surface area contributed by atoms with Gasteiger partial charge in [0.05, 0.1) is 12.2 Å². The molecule has 0 radical (unpaired) electrons. The van der Waals surface area contributed by atoms with E-state index < -0.39 is 12.6 Å². The van der Waals surface area contributed by atoms with Crippen LogP contribution in [0, 0.1) is 6.92 Å². The van der Waals surface area contributed by atoms with Crippen molar-refractivity contribution in [1.29, 1.82) is 0 Å². The first-order chi connectivity index (χ1) is 8.49. The van der Waals surface area contributed by atoms with Crippen LogP contribution in [0.2, 0.25) is 0 Å². The number of hydrogen-bond acceptors (Lipinski definition) is 3. The first-order valence-corrected chi connectivity index (χ1v) is 6.43. The van der Waals surface area contributed by atoms with Crippen molar-refractivity contribution in [3.05, 3.63) is 28.8 Å². The summed E-state index contributed by atoms with van der Waals surface area (Å²) in [7, 11) is 0. The molecular weight excluding hydrogens is 310 g/mol. The van der Waals surface area contributed by atoms with E-state index in [0.717, 1.165) is 0 Å². The predicted octanol–water partition coefficient (Wildman–Crippen LogP) is 3.67. The first-order valence-electron chi connectivity index (χ1n) is 5.31. The number of ether oxygens (including phenoxy) is 2. The number of esters is 1. The molecule has 0 fully saturated rings. The van der Waals surface area contributed by atoms with E-state index in [-0.39, 0.29) is 12.4 Å². The van der Waals surface area contributed by atoms with Crippen molar-refractivity contribution in [3.63, 3.8) is 0 Å². The summed E-state index contributed by atoms with van der Waals surface area (Å²) in [6.45, 7) is 0.667. The zero-order valence-corrected chi connectivity index (χ0v) is 11.6. The number of carbonyl (C=O) groups excluding carboxylic acids is 1. The molecule has 18 heavy (non-hydrogen) atoms. The Morgan fingerprint density at radius 3 is 2.61 bits per heavy atom.